The molecule has 0 aliphatic carbocycles. The number of phenolic OH excluding ortho intramolecular Hbond substituents is 1. The Kier molecular flexibility index (Phi) is 2.46. The molecule has 14 heavy (non-hydrogen) atoms. The highest BCUT2D eigenvalue weighted by molar-refractivity contribution is 5.60. The van der Waals surface area contributed by atoms with Crippen LogP contribution in [-0.4, -0.2) is 12.2 Å². The molecule has 0 fully saturated rings. The molecule has 6 heteroatoms. The van der Waals surface area contributed by atoms with Gasteiger partial charge >= 0.3 is 6.18 Å². The minimum Gasteiger partial charge on any atom is -0.505 e. The van der Waals surface area contributed by atoms with E-state index >= 15 is 0 Å². The molecule has 0 unspecified atom stereocenters. The summed E-state index contributed by atoms with van der Waals surface area (Å²) in [6.07, 6.45) is -4.65. The molecule has 0 aromatic heterocycles. The number of ether oxygens (including phenoxy) is 1. The number of hydrogen-bond donors (Lipinski definition) is 2. The fourth-order valence-corrected chi connectivity index (χ4v) is 0.963. The first-order chi connectivity index (χ1) is 6.36. The average Bonchev–Trinajstić information content (AvgIpc) is 2.07. The number of nitrogens with two attached hydrogens (primary N) is 1. The second kappa shape index (κ2) is 3.28. The maximum atomic E-state index is 12.3. The quantitative estimate of drug-likeness (QED) is 0.547. The van der Waals surface area contributed by atoms with Gasteiger partial charge in [0.2, 0.25) is 0 Å². The lowest BCUT2D eigenvalue weighted by Crippen LogP contribution is -2.07. The van der Waals surface area contributed by atoms with Crippen LogP contribution in [0.15, 0.2) is 12.1 Å². The van der Waals surface area contributed by atoms with Crippen LogP contribution in [0.4, 0.5) is 18.9 Å². The third kappa shape index (κ3) is 1.84. The van der Waals surface area contributed by atoms with Crippen LogP contribution in [0.25, 0.3) is 0 Å². The first-order valence-corrected chi connectivity index (χ1v) is 3.60. The van der Waals surface area contributed by atoms with Gasteiger partial charge in [-0.05, 0) is 6.07 Å². The van der Waals surface area contributed by atoms with Gasteiger partial charge in [-0.3, -0.25) is 0 Å². The molecule has 0 saturated heterocycles. The molecule has 1 rings (SSSR count). The van der Waals surface area contributed by atoms with Crippen LogP contribution < -0.4 is 10.5 Å². The second-order valence-corrected chi connectivity index (χ2v) is 2.61. The number of nitrogen functional groups attached to an aromatic ring is 1. The number of hydrogen-bond acceptors (Lipinski definition) is 3. The summed E-state index contributed by atoms with van der Waals surface area (Å²) in [5.41, 5.74) is 3.60. The average molecular weight is 207 g/mol. The summed E-state index contributed by atoms with van der Waals surface area (Å²) < 4.78 is 41.4. The van der Waals surface area contributed by atoms with E-state index in [9.17, 15) is 13.2 Å². The molecule has 0 bridgehead atoms. The number of halogens is 3. The number of benzene rings is 1. The third-order valence-corrected chi connectivity index (χ3v) is 1.65. The fraction of sp³-hybridized carbons (Fsp3) is 0.250. The minimum absolute atomic E-state index is 0.0485. The first kappa shape index (κ1) is 10.5. The van der Waals surface area contributed by atoms with Crippen molar-refractivity contribution in [3.8, 4) is 11.5 Å². The van der Waals surface area contributed by atoms with E-state index in [1.54, 1.807) is 0 Å². The molecule has 0 heterocycles. The Morgan fingerprint density at radius 1 is 1.36 bits per heavy atom. The van der Waals surface area contributed by atoms with Gasteiger partial charge in [0.1, 0.15) is 11.3 Å². The van der Waals surface area contributed by atoms with Crippen LogP contribution in [0.5, 0.6) is 11.5 Å². The molecule has 3 nitrogen and oxygen atoms in total. The smallest absolute Gasteiger partial charge is 0.420 e. The van der Waals surface area contributed by atoms with Crippen molar-refractivity contribution in [3.05, 3.63) is 17.7 Å². The Morgan fingerprint density at radius 3 is 2.36 bits per heavy atom. The number of anilines is 1. The van der Waals surface area contributed by atoms with Gasteiger partial charge in [-0.25, -0.2) is 0 Å². The molecule has 0 radical (unpaired) electrons. The number of methoxy groups -OCH3 is 1. The summed E-state index contributed by atoms with van der Waals surface area (Å²) >= 11 is 0. The number of aromatic hydroxyl groups is 1. The van der Waals surface area contributed by atoms with Gasteiger partial charge in [0.25, 0.3) is 0 Å². The predicted octanol–water partition coefficient (Wildman–Crippen LogP) is 2.00. The maximum absolute atomic E-state index is 12.3. The Bertz CT molecular complexity index is 349. The van der Waals surface area contributed by atoms with E-state index in [1.807, 2.05) is 0 Å². The van der Waals surface area contributed by atoms with E-state index in [2.05, 4.69) is 4.74 Å². The summed E-state index contributed by atoms with van der Waals surface area (Å²) in [6.45, 7) is 0. The van der Waals surface area contributed by atoms with E-state index in [-0.39, 0.29) is 11.4 Å². The number of phenols is 1. The molecular weight excluding hydrogens is 199 g/mol. The maximum Gasteiger partial charge on any atom is 0.420 e. The molecular formula is C8H8F3NO2. The SMILES string of the molecule is COc1cc(N)c(O)c(C(F)(F)F)c1. The lowest BCUT2D eigenvalue weighted by atomic mass is 10.1. The van der Waals surface area contributed by atoms with Crippen LogP contribution in [0.2, 0.25) is 0 Å². The van der Waals surface area contributed by atoms with Gasteiger partial charge < -0.3 is 15.6 Å². The van der Waals surface area contributed by atoms with Crippen LogP contribution in [0.1, 0.15) is 5.56 Å². The summed E-state index contributed by atoms with van der Waals surface area (Å²) in [5.74, 6) is -1.02. The van der Waals surface area contributed by atoms with Gasteiger partial charge in [0.05, 0.1) is 12.8 Å². The highest BCUT2D eigenvalue weighted by Gasteiger charge is 2.35. The molecule has 1 aromatic rings. The van der Waals surface area contributed by atoms with Crippen molar-refractivity contribution < 1.29 is 23.0 Å². The Labute approximate surface area is 77.9 Å². The summed E-state index contributed by atoms with van der Waals surface area (Å²) in [4.78, 5) is 0. The van der Waals surface area contributed by atoms with Crippen LogP contribution in [0, 0.1) is 0 Å². The van der Waals surface area contributed by atoms with Crippen LogP contribution >= 0.6 is 0 Å². The van der Waals surface area contributed by atoms with E-state index in [0.717, 1.165) is 6.07 Å². The lowest BCUT2D eigenvalue weighted by Gasteiger charge is -2.12. The molecule has 1 aromatic carbocycles. The van der Waals surface area contributed by atoms with Crippen LogP contribution in [0.3, 0.4) is 0 Å². The minimum atomic E-state index is -4.65. The Hall–Kier alpha value is -1.59. The molecule has 0 aliphatic heterocycles. The molecule has 0 spiro atoms. The highest BCUT2D eigenvalue weighted by atomic mass is 19.4. The van der Waals surface area contributed by atoms with E-state index < -0.39 is 17.5 Å². The monoisotopic (exact) mass is 207 g/mol. The van der Waals surface area contributed by atoms with Gasteiger partial charge in [0, 0.05) is 6.07 Å². The summed E-state index contributed by atoms with van der Waals surface area (Å²) in [5, 5.41) is 9.05. The molecule has 0 atom stereocenters. The first-order valence-electron chi connectivity index (χ1n) is 3.60. The fourth-order valence-electron chi connectivity index (χ4n) is 0.963. The highest BCUT2D eigenvalue weighted by Crippen LogP contribution is 2.41. The normalized spacial score (nSPS) is 11.4. The van der Waals surface area contributed by atoms with Crippen molar-refractivity contribution in [3.63, 3.8) is 0 Å². The van der Waals surface area contributed by atoms with Crippen molar-refractivity contribution >= 4 is 5.69 Å². The number of alkyl halides is 3. The topological polar surface area (TPSA) is 55.5 Å². The van der Waals surface area contributed by atoms with E-state index in [4.69, 9.17) is 10.8 Å². The van der Waals surface area contributed by atoms with Gasteiger partial charge in [-0.1, -0.05) is 0 Å². The van der Waals surface area contributed by atoms with Gasteiger partial charge in [-0.15, -0.1) is 0 Å². The van der Waals surface area contributed by atoms with Crippen LogP contribution in [-0.2, 0) is 6.18 Å². The Morgan fingerprint density at radius 2 is 1.93 bits per heavy atom. The Balaban J connectivity index is 3.35. The van der Waals surface area contributed by atoms with Crippen molar-refractivity contribution in [1.82, 2.24) is 0 Å². The third-order valence-electron chi connectivity index (χ3n) is 1.65. The molecule has 0 amide bonds. The van der Waals surface area contributed by atoms with Gasteiger partial charge in [0.15, 0.2) is 5.75 Å². The number of rotatable bonds is 1. The van der Waals surface area contributed by atoms with E-state index in [0.29, 0.717) is 6.07 Å². The summed E-state index contributed by atoms with van der Waals surface area (Å²) in [7, 11) is 1.21. The standard InChI is InChI=1S/C8H8F3NO2/c1-14-4-2-5(8(9,10)11)7(13)6(12)3-4/h2-3,13H,12H2,1H3. The van der Waals surface area contributed by atoms with E-state index in [1.165, 1.54) is 7.11 Å². The largest absolute Gasteiger partial charge is 0.505 e. The lowest BCUT2D eigenvalue weighted by molar-refractivity contribution is -0.138. The zero-order valence-corrected chi connectivity index (χ0v) is 7.22. The molecule has 3 N–H and O–H groups in total. The molecule has 0 saturated carbocycles. The van der Waals surface area contributed by atoms with Gasteiger partial charge in [-0.2, -0.15) is 13.2 Å². The van der Waals surface area contributed by atoms with Crippen molar-refractivity contribution in [1.29, 1.82) is 0 Å². The zero-order chi connectivity index (χ0) is 10.9. The predicted molar refractivity (Wildman–Crippen MR) is 44.1 cm³/mol. The second-order valence-electron chi connectivity index (χ2n) is 2.61. The van der Waals surface area contributed by atoms with Crippen molar-refractivity contribution in [2.24, 2.45) is 0 Å². The molecule has 78 valence electrons. The molecule has 0 aliphatic rings. The summed E-state index contributed by atoms with van der Waals surface area (Å²) in [6, 6.07) is 1.80. The zero-order valence-electron chi connectivity index (χ0n) is 7.22. The van der Waals surface area contributed by atoms with Crippen molar-refractivity contribution in [2.45, 2.75) is 6.18 Å². The van der Waals surface area contributed by atoms with Crippen molar-refractivity contribution in [2.75, 3.05) is 12.8 Å².